The van der Waals surface area contributed by atoms with E-state index in [1.807, 2.05) is 48.0 Å². The predicted molar refractivity (Wildman–Crippen MR) is 125 cm³/mol. The van der Waals surface area contributed by atoms with Crippen LogP contribution >= 0.6 is 0 Å². The van der Waals surface area contributed by atoms with Crippen molar-refractivity contribution in [3.63, 3.8) is 0 Å². The second-order valence-corrected chi connectivity index (χ2v) is 8.87. The van der Waals surface area contributed by atoms with Crippen LogP contribution in [0, 0.1) is 18.7 Å². The molecule has 1 saturated heterocycles. The van der Waals surface area contributed by atoms with E-state index in [0.717, 1.165) is 47.9 Å². The van der Waals surface area contributed by atoms with E-state index in [2.05, 4.69) is 15.0 Å². The van der Waals surface area contributed by atoms with Crippen LogP contribution in [0.25, 0.3) is 11.8 Å². The molecule has 34 heavy (non-hydrogen) atoms. The van der Waals surface area contributed by atoms with Gasteiger partial charge < -0.3 is 23.8 Å². The quantitative estimate of drug-likeness (QED) is 0.568. The van der Waals surface area contributed by atoms with Gasteiger partial charge in [-0.25, -0.2) is 9.37 Å². The van der Waals surface area contributed by atoms with E-state index in [0.29, 0.717) is 17.9 Å². The lowest BCUT2D eigenvalue weighted by atomic mass is 9.79. The summed E-state index contributed by atoms with van der Waals surface area (Å²) in [5.74, 6) is 1.88. The Morgan fingerprint density at radius 2 is 2.12 bits per heavy atom. The molecule has 1 aromatic heterocycles. The minimum absolute atomic E-state index is 0.0724. The molecule has 8 heteroatoms. The number of amidine groups is 1. The number of fused-ring (bicyclic) bond motifs is 1. The minimum Gasteiger partial charge on any atom is -0.495 e. The van der Waals surface area contributed by atoms with Crippen LogP contribution in [0.4, 0.5) is 4.39 Å². The van der Waals surface area contributed by atoms with Gasteiger partial charge in [-0.1, -0.05) is 17.3 Å². The Hall–Kier alpha value is -3.81. The highest BCUT2D eigenvalue weighted by Gasteiger charge is 2.58. The molecule has 2 aromatic carbocycles. The van der Waals surface area contributed by atoms with Gasteiger partial charge in [0.2, 0.25) is 5.72 Å². The van der Waals surface area contributed by atoms with Crippen LogP contribution in [0.3, 0.4) is 0 Å². The number of aromatic nitrogens is 2. The Morgan fingerprint density at radius 1 is 1.21 bits per heavy atom. The lowest BCUT2D eigenvalue weighted by molar-refractivity contribution is -0.183. The SMILES string of the molecule is COc1cc(/C=C/C2=NO[C@@]34c5cc(F)ccc5OC[C@@H]3CCCN24)ccc1-n1cnc(C)c1. The Kier molecular flexibility index (Phi) is 4.83. The number of hydrogen-bond acceptors (Lipinski definition) is 6. The van der Waals surface area contributed by atoms with Crippen molar-refractivity contribution < 1.29 is 18.7 Å². The van der Waals surface area contributed by atoms with E-state index in [4.69, 9.17) is 14.3 Å². The molecule has 0 N–H and O–H groups in total. The third-order valence-electron chi connectivity index (χ3n) is 6.83. The van der Waals surface area contributed by atoms with Gasteiger partial charge in [0.25, 0.3) is 0 Å². The smallest absolute Gasteiger partial charge is 0.247 e. The van der Waals surface area contributed by atoms with Gasteiger partial charge in [0.1, 0.15) is 17.3 Å². The van der Waals surface area contributed by atoms with E-state index in [1.54, 1.807) is 19.5 Å². The second kappa shape index (κ2) is 7.90. The summed E-state index contributed by atoms with van der Waals surface area (Å²) in [4.78, 5) is 12.6. The molecule has 0 saturated carbocycles. The van der Waals surface area contributed by atoms with Crippen molar-refractivity contribution >= 4 is 11.9 Å². The number of benzene rings is 2. The first-order chi connectivity index (χ1) is 16.6. The molecule has 3 aromatic rings. The van der Waals surface area contributed by atoms with Gasteiger partial charge in [0.05, 0.1) is 42.9 Å². The zero-order chi connectivity index (χ0) is 23.3. The summed E-state index contributed by atoms with van der Waals surface area (Å²) in [7, 11) is 1.66. The van der Waals surface area contributed by atoms with Crippen molar-refractivity contribution in [2.75, 3.05) is 20.3 Å². The molecular formula is C26H25FN4O3. The number of rotatable bonds is 4. The summed E-state index contributed by atoms with van der Waals surface area (Å²) in [6.07, 6.45) is 9.59. The molecule has 0 bridgehead atoms. The standard InChI is InChI=1S/C26H25FN4O3/c1-17-14-30(16-28-17)22-8-5-18(12-24(22)32-2)6-10-25-29-34-26-19(4-3-11-31(25)26)15-33-23-9-7-20(27)13-21(23)26/h5-10,12-14,16,19H,3-4,11,15H2,1-2H3/b10-6+/t19-,26+/m0/s1. The molecule has 0 radical (unpaired) electrons. The van der Waals surface area contributed by atoms with Gasteiger partial charge >= 0.3 is 0 Å². The van der Waals surface area contributed by atoms with Crippen molar-refractivity contribution in [3.8, 4) is 17.2 Å². The molecule has 1 spiro atoms. The fourth-order valence-electron chi connectivity index (χ4n) is 5.22. The highest BCUT2D eigenvalue weighted by molar-refractivity contribution is 5.97. The first kappa shape index (κ1) is 20.8. The van der Waals surface area contributed by atoms with Crippen molar-refractivity contribution in [2.45, 2.75) is 25.5 Å². The summed E-state index contributed by atoms with van der Waals surface area (Å²) in [6.45, 7) is 3.25. The fraction of sp³-hybridized carbons (Fsp3) is 0.308. The molecule has 0 amide bonds. The van der Waals surface area contributed by atoms with Crippen LogP contribution < -0.4 is 9.47 Å². The van der Waals surface area contributed by atoms with E-state index in [1.165, 1.54) is 12.1 Å². The van der Waals surface area contributed by atoms with Gasteiger partial charge in [-0.15, -0.1) is 0 Å². The van der Waals surface area contributed by atoms with Crippen molar-refractivity contribution in [2.24, 2.45) is 11.1 Å². The number of piperidine rings is 1. The van der Waals surface area contributed by atoms with E-state index in [9.17, 15) is 4.39 Å². The van der Waals surface area contributed by atoms with Crippen LogP contribution in [0.15, 0.2) is 60.2 Å². The molecule has 3 aliphatic rings. The molecule has 3 aliphatic heterocycles. The molecular weight excluding hydrogens is 435 g/mol. The molecule has 2 atom stereocenters. The summed E-state index contributed by atoms with van der Waals surface area (Å²) in [5, 5.41) is 4.44. The number of hydrogen-bond donors (Lipinski definition) is 0. The van der Waals surface area contributed by atoms with Crippen LogP contribution in [-0.4, -0.2) is 40.5 Å². The van der Waals surface area contributed by atoms with Crippen molar-refractivity contribution in [3.05, 3.63) is 77.6 Å². The largest absolute Gasteiger partial charge is 0.495 e. The molecule has 0 aliphatic carbocycles. The Bertz CT molecular complexity index is 1320. The Morgan fingerprint density at radius 3 is 2.94 bits per heavy atom. The topological polar surface area (TPSA) is 61.1 Å². The van der Waals surface area contributed by atoms with Crippen LogP contribution in [0.5, 0.6) is 11.5 Å². The van der Waals surface area contributed by atoms with Gasteiger partial charge in [0.15, 0.2) is 5.84 Å². The molecule has 7 nitrogen and oxygen atoms in total. The monoisotopic (exact) mass is 460 g/mol. The third-order valence-corrected chi connectivity index (χ3v) is 6.83. The summed E-state index contributed by atoms with van der Waals surface area (Å²) in [5.41, 5.74) is 2.70. The number of methoxy groups -OCH3 is 1. The number of halogens is 1. The van der Waals surface area contributed by atoms with Crippen LogP contribution in [-0.2, 0) is 10.6 Å². The molecule has 1 fully saturated rings. The zero-order valence-corrected chi connectivity index (χ0v) is 19.1. The van der Waals surface area contributed by atoms with E-state index >= 15 is 0 Å². The number of aryl methyl sites for hydroxylation is 1. The predicted octanol–water partition coefficient (Wildman–Crippen LogP) is 4.64. The van der Waals surface area contributed by atoms with Gasteiger partial charge in [0, 0.05) is 12.7 Å². The number of oxime groups is 1. The molecule has 4 heterocycles. The fourth-order valence-corrected chi connectivity index (χ4v) is 5.22. The third kappa shape index (κ3) is 3.16. The average molecular weight is 461 g/mol. The van der Waals surface area contributed by atoms with Crippen molar-refractivity contribution in [1.29, 1.82) is 0 Å². The number of ether oxygens (including phenoxy) is 2. The van der Waals surface area contributed by atoms with Gasteiger partial charge in [-0.05, 0) is 61.7 Å². The van der Waals surface area contributed by atoms with Gasteiger partial charge in [-0.3, -0.25) is 0 Å². The molecule has 174 valence electrons. The maximum Gasteiger partial charge on any atom is 0.247 e. The lowest BCUT2D eigenvalue weighted by Crippen LogP contribution is -2.57. The lowest BCUT2D eigenvalue weighted by Gasteiger charge is -2.48. The highest BCUT2D eigenvalue weighted by Crippen LogP contribution is 2.52. The number of nitrogens with zero attached hydrogens (tertiary/aromatic N) is 4. The molecule has 0 unspecified atom stereocenters. The first-order valence-electron chi connectivity index (χ1n) is 11.4. The Labute approximate surface area is 197 Å². The number of imidazole rings is 1. The van der Waals surface area contributed by atoms with Crippen LogP contribution in [0.2, 0.25) is 0 Å². The van der Waals surface area contributed by atoms with Crippen LogP contribution in [0.1, 0.15) is 29.7 Å². The van der Waals surface area contributed by atoms with Gasteiger partial charge in [-0.2, -0.15) is 0 Å². The van der Waals surface area contributed by atoms with Crippen molar-refractivity contribution in [1.82, 2.24) is 14.5 Å². The average Bonchev–Trinajstić information content (AvgIpc) is 3.46. The zero-order valence-electron chi connectivity index (χ0n) is 19.1. The summed E-state index contributed by atoms with van der Waals surface area (Å²) < 4.78 is 27.7. The van der Waals surface area contributed by atoms with E-state index in [-0.39, 0.29) is 11.7 Å². The first-order valence-corrected chi connectivity index (χ1v) is 11.4. The van der Waals surface area contributed by atoms with E-state index < -0.39 is 5.72 Å². The minimum atomic E-state index is -0.825. The Balaban J connectivity index is 1.31. The normalized spacial score (nSPS) is 23.0. The second-order valence-electron chi connectivity index (χ2n) is 8.87. The highest BCUT2D eigenvalue weighted by atomic mass is 19.1. The summed E-state index contributed by atoms with van der Waals surface area (Å²) in [6, 6.07) is 10.6. The summed E-state index contributed by atoms with van der Waals surface area (Å²) >= 11 is 0. The maximum absolute atomic E-state index is 14.2. The molecule has 6 rings (SSSR count). The maximum atomic E-state index is 14.2.